The van der Waals surface area contributed by atoms with Gasteiger partial charge in [-0.1, -0.05) is 25.7 Å². The summed E-state index contributed by atoms with van der Waals surface area (Å²) in [6, 6.07) is 3.15. The van der Waals surface area contributed by atoms with Gasteiger partial charge in [0.15, 0.2) is 0 Å². The molecule has 0 bridgehead atoms. The molecule has 2 heteroatoms. The fraction of sp³-hybridized carbons (Fsp3) is 0.929. The summed E-state index contributed by atoms with van der Waals surface area (Å²) >= 11 is 0. The molecule has 0 aliphatic heterocycles. The molecule has 90 valence electrons. The molecule has 0 aromatic carbocycles. The van der Waals surface area contributed by atoms with Gasteiger partial charge in [-0.2, -0.15) is 5.26 Å². The van der Waals surface area contributed by atoms with Crippen molar-refractivity contribution in [3.05, 3.63) is 0 Å². The number of nitriles is 1. The molecule has 0 amide bonds. The Morgan fingerprint density at radius 2 is 1.81 bits per heavy atom. The quantitative estimate of drug-likeness (QED) is 0.679. The Morgan fingerprint density at radius 3 is 2.31 bits per heavy atom. The fourth-order valence-electron chi connectivity index (χ4n) is 3.09. The zero-order chi connectivity index (χ0) is 11.4. The van der Waals surface area contributed by atoms with Gasteiger partial charge in [0.2, 0.25) is 0 Å². The SMILES string of the molecule is CN(CC1(CC#N)CC1)C1CCCCCC1. The van der Waals surface area contributed by atoms with Crippen molar-refractivity contribution in [2.75, 3.05) is 13.6 Å². The Labute approximate surface area is 99.6 Å². The van der Waals surface area contributed by atoms with Gasteiger partial charge in [0.05, 0.1) is 6.07 Å². The van der Waals surface area contributed by atoms with E-state index in [1.54, 1.807) is 0 Å². The highest BCUT2D eigenvalue weighted by Crippen LogP contribution is 2.49. The largest absolute Gasteiger partial charge is 0.303 e. The summed E-state index contributed by atoms with van der Waals surface area (Å²) < 4.78 is 0. The van der Waals surface area contributed by atoms with E-state index < -0.39 is 0 Å². The van der Waals surface area contributed by atoms with Gasteiger partial charge in [-0.05, 0) is 38.1 Å². The van der Waals surface area contributed by atoms with Gasteiger partial charge in [0, 0.05) is 19.0 Å². The molecule has 16 heavy (non-hydrogen) atoms. The molecule has 2 nitrogen and oxygen atoms in total. The second kappa shape index (κ2) is 5.19. The Bertz CT molecular complexity index is 254. The van der Waals surface area contributed by atoms with E-state index in [-0.39, 0.29) is 0 Å². The van der Waals surface area contributed by atoms with Crippen LogP contribution in [0.4, 0.5) is 0 Å². The first kappa shape index (κ1) is 11.9. The summed E-state index contributed by atoms with van der Waals surface area (Å²) in [5.41, 5.74) is 0.385. The highest BCUT2D eigenvalue weighted by Gasteiger charge is 2.43. The van der Waals surface area contributed by atoms with Crippen LogP contribution in [-0.4, -0.2) is 24.5 Å². The third kappa shape index (κ3) is 2.98. The summed E-state index contributed by atoms with van der Waals surface area (Å²) in [4.78, 5) is 2.55. The van der Waals surface area contributed by atoms with E-state index in [1.165, 1.54) is 51.4 Å². The van der Waals surface area contributed by atoms with Crippen LogP contribution >= 0.6 is 0 Å². The maximum Gasteiger partial charge on any atom is 0.0628 e. The topological polar surface area (TPSA) is 27.0 Å². The average molecular weight is 220 g/mol. The van der Waals surface area contributed by atoms with Gasteiger partial charge in [0.25, 0.3) is 0 Å². The Kier molecular flexibility index (Phi) is 3.86. The molecule has 0 radical (unpaired) electrons. The van der Waals surface area contributed by atoms with Crippen LogP contribution < -0.4 is 0 Å². The van der Waals surface area contributed by atoms with Crippen molar-refractivity contribution in [3.63, 3.8) is 0 Å². The van der Waals surface area contributed by atoms with Crippen molar-refractivity contribution < 1.29 is 0 Å². The van der Waals surface area contributed by atoms with E-state index in [0.29, 0.717) is 5.41 Å². The summed E-state index contributed by atoms with van der Waals surface area (Å²) in [6.07, 6.45) is 11.7. The smallest absolute Gasteiger partial charge is 0.0628 e. The average Bonchev–Trinajstić information content (AvgIpc) is 3.02. The van der Waals surface area contributed by atoms with Crippen LogP contribution in [0.1, 0.15) is 57.8 Å². The summed E-state index contributed by atoms with van der Waals surface area (Å²) in [5.74, 6) is 0. The Hall–Kier alpha value is -0.550. The van der Waals surface area contributed by atoms with Crippen LogP contribution in [0.3, 0.4) is 0 Å². The minimum atomic E-state index is 0.385. The van der Waals surface area contributed by atoms with Crippen LogP contribution in [-0.2, 0) is 0 Å². The molecule has 0 aromatic rings. The predicted octanol–water partition coefficient (Wildman–Crippen LogP) is 3.33. The highest BCUT2D eigenvalue weighted by molar-refractivity contribution is 5.01. The van der Waals surface area contributed by atoms with Gasteiger partial charge in [-0.3, -0.25) is 0 Å². The Morgan fingerprint density at radius 1 is 1.19 bits per heavy atom. The van der Waals surface area contributed by atoms with Gasteiger partial charge >= 0.3 is 0 Å². The van der Waals surface area contributed by atoms with E-state index in [9.17, 15) is 0 Å². The molecular formula is C14H24N2. The molecule has 2 aliphatic carbocycles. The molecule has 0 atom stereocenters. The lowest BCUT2D eigenvalue weighted by Crippen LogP contribution is -2.36. The number of hydrogen-bond acceptors (Lipinski definition) is 2. The van der Waals surface area contributed by atoms with Gasteiger partial charge in [0.1, 0.15) is 0 Å². The third-order valence-corrected chi connectivity index (χ3v) is 4.44. The van der Waals surface area contributed by atoms with E-state index >= 15 is 0 Å². The van der Waals surface area contributed by atoms with Crippen molar-refractivity contribution in [1.29, 1.82) is 5.26 Å². The highest BCUT2D eigenvalue weighted by atomic mass is 15.1. The van der Waals surface area contributed by atoms with E-state index in [0.717, 1.165) is 19.0 Å². The van der Waals surface area contributed by atoms with Crippen LogP contribution in [0.15, 0.2) is 0 Å². The summed E-state index contributed by atoms with van der Waals surface area (Å²) in [7, 11) is 2.27. The molecule has 0 N–H and O–H groups in total. The minimum absolute atomic E-state index is 0.385. The van der Waals surface area contributed by atoms with E-state index in [2.05, 4.69) is 18.0 Å². The van der Waals surface area contributed by atoms with Gasteiger partial charge < -0.3 is 4.90 Å². The van der Waals surface area contributed by atoms with Crippen molar-refractivity contribution in [3.8, 4) is 6.07 Å². The van der Waals surface area contributed by atoms with Crippen molar-refractivity contribution in [1.82, 2.24) is 4.90 Å². The standard InChI is InChI=1S/C14H24N2/c1-16(12-14(8-9-14)10-11-15)13-6-4-2-3-5-7-13/h13H,2-10,12H2,1H3. The van der Waals surface area contributed by atoms with Gasteiger partial charge in [-0.25, -0.2) is 0 Å². The van der Waals surface area contributed by atoms with E-state index in [4.69, 9.17) is 5.26 Å². The zero-order valence-corrected chi connectivity index (χ0v) is 10.5. The second-order valence-corrected chi connectivity index (χ2v) is 5.90. The minimum Gasteiger partial charge on any atom is -0.303 e. The monoisotopic (exact) mass is 220 g/mol. The van der Waals surface area contributed by atoms with Crippen LogP contribution in [0.25, 0.3) is 0 Å². The Balaban J connectivity index is 1.82. The fourth-order valence-corrected chi connectivity index (χ4v) is 3.09. The molecule has 0 spiro atoms. The summed E-state index contributed by atoms with van der Waals surface area (Å²) in [5, 5.41) is 8.84. The molecule has 2 fully saturated rings. The molecule has 0 aromatic heterocycles. The lowest BCUT2D eigenvalue weighted by molar-refractivity contribution is 0.181. The lowest BCUT2D eigenvalue weighted by Gasteiger charge is -2.30. The third-order valence-electron chi connectivity index (χ3n) is 4.44. The first-order chi connectivity index (χ1) is 7.76. The first-order valence-corrected chi connectivity index (χ1v) is 6.83. The zero-order valence-electron chi connectivity index (χ0n) is 10.5. The molecule has 2 rings (SSSR count). The molecule has 0 saturated heterocycles. The maximum absolute atomic E-state index is 8.84. The van der Waals surface area contributed by atoms with Crippen molar-refractivity contribution in [2.24, 2.45) is 5.41 Å². The number of hydrogen-bond donors (Lipinski definition) is 0. The van der Waals surface area contributed by atoms with E-state index in [1.807, 2.05) is 0 Å². The molecular weight excluding hydrogens is 196 g/mol. The van der Waals surface area contributed by atoms with Crippen molar-refractivity contribution >= 4 is 0 Å². The molecule has 0 heterocycles. The molecule has 0 unspecified atom stereocenters. The number of rotatable bonds is 4. The van der Waals surface area contributed by atoms with Gasteiger partial charge in [-0.15, -0.1) is 0 Å². The molecule has 2 saturated carbocycles. The maximum atomic E-state index is 8.84. The lowest BCUT2D eigenvalue weighted by atomic mass is 10.00. The van der Waals surface area contributed by atoms with Crippen molar-refractivity contribution in [2.45, 2.75) is 63.8 Å². The normalized spacial score (nSPS) is 25.1. The van der Waals surface area contributed by atoms with Crippen LogP contribution in [0.5, 0.6) is 0 Å². The first-order valence-electron chi connectivity index (χ1n) is 6.83. The summed E-state index contributed by atoms with van der Waals surface area (Å²) in [6.45, 7) is 1.16. The molecule has 2 aliphatic rings. The van der Waals surface area contributed by atoms with Crippen LogP contribution in [0, 0.1) is 16.7 Å². The number of nitrogens with zero attached hydrogens (tertiary/aromatic N) is 2. The second-order valence-electron chi connectivity index (χ2n) is 5.90. The van der Waals surface area contributed by atoms with Crippen LogP contribution in [0.2, 0.25) is 0 Å². The predicted molar refractivity (Wildman–Crippen MR) is 66.0 cm³/mol.